The van der Waals surface area contributed by atoms with Gasteiger partial charge in [0, 0.05) is 25.2 Å². The highest BCUT2D eigenvalue weighted by Gasteiger charge is 2.21. The fourth-order valence-electron chi connectivity index (χ4n) is 1.74. The summed E-state index contributed by atoms with van der Waals surface area (Å²) in [6, 6.07) is 3.51. The van der Waals surface area contributed by atoms with Gasteiger partial charge in [-0.05, 0) is 25.3 Å². The van der Waals surface area contributed by atoms with E-state index in [1.165, 1.54) is 4.90 Å². The van der Waals surface area contributed by atoms with Crippen LogP contribution in [-0.4, -0.2) is 30.2 Å². The summed E-state index contributed by atoms with van der Waals surface area (Å²) in [5.74, 6) is 0.393. The van der Waals surface area contributed by atoms with Gasteiger partial charge in [0.25, 0.3) is 0 Å². The van der Waals surface area contributed by atoms with Crippen molar-refractivity contribution in [3.05, 3.63) is 23.9 Å². The molecule has 0 saturated carbocycles. The van der Waals surface area contributed by atoms with Gasteiger partial charge in [0.1, 0.15) is 18.5 Å². The Kier molecular flexibility index (Phi) is 7.51. The Labute approximate surface area is 137 Å². The maximum absolute atomic E-state index is 12.2. The molecule has 0 aliphatic carbocycles. The minimum atomic E-state index is -0.481. The maximum Gasteiger partial charge on any atom is 0.415 e. The molecule has 1 heterocycles. The topological polar surface area (TPSA) is 68.7 Å². The van der Waals surface area contributed by atoms with E-state index in [2.05, 4.69) is 4.98 Å². The lowest BCUT2D eigenvalue weighted by Gasteiger charge is -2.23. The maximum atomic E-state index is 12.2. The van der Waals surface area contributed by atoms with Crippen molar-refractivity contribution in [2.45, 2.75) is 53.2 Å². The summed E-state index contributed by atoms with van der Waals surface area (Å²) in [6.45, 7) is 7.81. The second-order valence-electron chi connectivity index (χ2n) is 5.79. The summed E-state index contributed by atoms with van der Waals surface area (Å²) in [5, 5.41) is 0. The number of hydrogen-bond donors (Lipinski definition) is 0. The Bertz CT molecular complexity index is 531. The Morgan fingerprint density at radius 3 is 2.61 bits per heavy atom. The van der Waals surface area contributed by atoms with Crippen LogP contribution in [0.2, 0.25) is 0 Å². The van der Waals surface area contributed by atoms with Crippen molar-refractivity contribution in [3.63, 3.8) is 0 Å². The van der Waals surface area contributed by atoms with Gasteiger partial charge < -0.3 is 9.47 Å². The molecule has 23 heavy (non-hydrogen) atoms. The van der Waals surface area contributed by atoms with Crippen LogP contribution < -0.4 is 4.90 Å². The SMILES string of the molecule is CCCC(=O)OCc1cccnc1N(C)C(=O)OC(C)C(C)C. The van der Waals surface area contributed by atoms with Gasteiger partial charge in [-0.3, -0.25) is 9.69 Å². The van der Waals surface area contributed by atoms with E-state index in [1.807, 2.05) is 27.7 Å². The van der Waals surface area contributed by atoms with Crippen LogP contribution >= 0.6 is 0 Å². The molecule has 1 amide bonds. The molecule has 0 spiro atoms. The number of hydrogen-bond acceptors (Lipinski definition) is 5. The molecule has 1 atom stereocenters. The molecule has 0 aromatic carbocycles. The zero-order valence-corrected chi connectivity index (χ0v) is 14.5. The molecule has 0 radical (unpaired) electrons. The molecule has 128 valence electrons. The zero-order valence-electron chi connectivity index (χ0n) is 14.5. The van der Waals surface area contributed by atoms with Crippen LogP contribution in [0.5, 0.6) is 0 Å². The number of rotatable bonds is 7. The summed E-state index contributed by atoms with van der Waals surface area (Å²) < 4.78 is 10.6. The highest BCUT2D eigenvalue weighted by Crippen LogP contribution is 2.19. The summed E-state index contributed by atoms with van der Waals surface area (Å²) in [7, 11) is 1.59. The summed E-state index contributed by atoms with van der Waals surface area (Å²) in [4.78, 5) is 29.3. The molecule has 1 rings (SSSR count). The van der Waals surface area contributed by atoms with Crippen LogP contribution in [0.3, 0.4) is 0 Å². The first-order valence-electron chi connectivity index (χ1n) is 7.90. The minimum Gasteiger partial charge on any atom is -0.461 e. The molecule has 0 fully saturated rings. The van der Waals surface area contributed by atoms with Crippen molar-refractivity contribution >= 4 is 17.9 Å². The lowest BCUT2D eigenvalue weighted by molar-refractivity contribution is -0.144. The number of amides is 1. The van der Waals surface area contributed by atoms with E-state index in [4.69, 9.17) is 9.47 Å². The Balaban J connectivity index is 2.78. The summed E-state index contributed by atoms with van der Waals surface area (Å²) in [6.07, 6.45) is 2.02. The molecule has 0 bridgehead atoms. The third-order valence-corrected chi connectivity index (χ3v) is 3.53. The van der Waals surface area contributed by atoms with Crippen LogP contribution in [0.4, 0.5) is 10.6 Å². The summed E-state index contributed by atoms with van der Waals surface area (Å²) >= 11 is 0. The van der Waals surface area contributed by atoms with E-state index in [0.29, 0.717) is 17.8 Å². The molecule has 0 aliphatic rings. The van der Waals surface area contributed by atoms with E-state index in [1.54, 1.807) is 25.4 Å². The lowest BCUT2D eigenvalue weighted by Crippen LogP contribution is -2.33. The third-order valence-electron chi connectivity index (χ3n) is 3.53. The van der Waals surface area contributed by atoms with E-state index >= 15 is 0 Å². The average molecular weight is 322 g/mol. The Morgan fingerprint density at radius 1 is 1.30 bits per heavy atom. The highest BCUT2D eigenvalue weighted by atomic mass is 16.6. The van der Waals surface area contributed by atoms with Gasteiger partial charge in [0.2, 0.25) is 0 Å². The molecule has 6 nitrogen and oxygen atoms in total. The normalized spacial score (nSPS) is 11.9. The summed E-state index contributed by atoms with van der Waals surface area (Å²) in [5.41, 5.74) is 0.661. The van der Waals surface area contributed by atoms with Gasteiger partial charge in [0.15, 0.2) is 0 Å². The van der Waals surface area contributed by atoms with E-state index in [0.717, 1.165) is 6.42 Å². The Hall–Kier alpha value is -2.11. The van der Waals surface area contributed by atoms with Gasteiger partial charge in [-0.1, -0.05) is 26.8 Å². The van der Waals surface area contributed by atoms with Crippen molar-refractivity contribution in [2.75, 3.05) is 11.9 Å². The second kappa shape index (κ2) is 9.12. The van der Waals surface area contributed by atoms with Crippen molar-refractivity contribution < 1.29 is 19.1 Å². The van der Waals surface area contributed by atoms with E-state index in [9.17, 15) is 9.59 Å². The quantitative estimate of drug-likeness (QED) is 0.718. The molecule has 1 unspecified atom stereocenters. The van der Waals surface area contributed by atoms with Crippen LogP contribution in [-0.2, 0) is 20.9 Å². The van der Waals surface area contributed by atoms with Crippen LogP contribution in [0.15, 0.2) is 18.3 Å². The first kappa shape index (κ1) is 18.9. The van der Waals surface area contributed by atoms with Crippen LogP contribution in [0.25, 0.3) is 0 Å². The average Bonchev–Trinajstić information content (AvgIpc) is 2.52. The molecular formula is C17H26N2O4. The monoisotopic (exact) mass is 322 g/mol. The van der Waals surface area contributed by atoms with E-state index < -0.39 is 6.09 Å². The van der Waals surface area contributed by atoms with Gasteiger partial charge in [-0.25, -0.2) is 9.78 Å². The molecule has 0 N–H and O–H groups in total. The molecular weight excluding hydrogens is 296 g/mol. The number of carbonyl (C=O) groups excluding carboxylic acids is 2. The van der Waals surface area contributed by atoms with Gasteiger partial charge in [-0.2, -0.15) is 0 Å². The number of esters is 1. The number of nitrogens with zero attached hydrogens (tertiary/aromatic N) is 2. The molecule has 0 saturated heterocycles. The Morgan fingerprint density at radius 2 is 2.00 bits per heavy atom. The fraction of sp³-hybridized carbons (Fsp3) is 0.588. The number of anilines is 1. The molecule has 1 aromatic heterocycles. The first-order valence-corrected chi connectivity index (χ1v) is 7.90. The predicted molar refractivity (Wildman–Crippen MR) is 88.1 cm³/mol. The van der Waals surface area contributed by atoms with Gasteiger partial charge in [0.05, 0.1) is 0 Å². The first-order chi connectivity index (χ1) is 10.9. The number of pyridine rings is 1. The third kappa shape index (κ3) is 5.88. The van der Waals surface area contributed by atoms with E-state index in [-0.39, 0.29) is 24.6 Å². The van der Waals surface area contributed by atoms with Crippen molar-refractivity contribution in [1.29, 1.82) is 0 Å². The standard InChI is InChI=1S/C17H26N2O4/c1-6-8-15(20)22-11-14-9-7-10-18-16(14)19(5)17(21)23-13(4)12(2)3/h7,9-10,12-13H,6,8,11H2,1-5H3. The van der Waals surface area contributed by atoms with Crippen molar-refractivity contribution in [1.82, 2.24) is 4.98 Å². The van der Waals surface area contributed by atoms with Gasteiger partial charge >= 0.3 is 12.1 Å². The fourth-order valence-corrected chi connectivity index (χ4v) is 1.74. The van der Waals surface area contributed by atoms with Crippen molar-refractivity contribution in [2.24, 2.45) is 5.92 Å². The predicted octanol–water partition coefficient (Wildman–Crippen LogP) is 3.54. The minimum absolute atomic E-state index is 0.0827. The molecule has 0 aliphatic heterocycles. The second-order valence-corrected chi connectivity index (χ2v) is 5.79. The van der Waals surface area contributed by atoms with Crippen LogP contribution in [0.1, 0.15) is 46.1 Å². The number of ether oxygens (including phenoxy) is 2. The molecule has 6 heteroatoms. The number of aromatic nitrogens is 1. The lowest BCUT2D eigenvalue weighted by atomic mass is 10.1. The highest BCUT2D eigenvalue weighted by molar-refractivity contribution is 5.86. The van der Waals surface area contributed by atoms with Crippen molar-refractivity contribution in [3.8, 4) is 0 Å². The number of carbonyl (C=O) groups is 2. The van der Waals surface area contributed by atoms with Gasteiger partial charge in [-0.15, -0.1) is 0 Å². The molecule has 1 aromatic rings. The smallest absolute Gasteiger partial charge is 0.415 e. The largest absolute Gasteiger partial charge is 0.461 e. The van der Waals surface area contributed by atoms with Crippen LogP contribution in [0, 0.1) is 5.92 Å². The zero-order chi connectivity index (χ0) is 17.4.